The number of amides is 1. The van der Waals surface area contributed by atoms with Gasteiger partial charge in [0.25, 0.3) is 0 Å². The minimum Gasteiger partial charge on any atom is -0.444 e. The first-order valence-corrected chi connectivity index (χ1v) is 6.78. The maximum Gasteiger partial charge on any atom is 0.404 e. The number of aromatic nitrogens is 2. The molecule has 3 rings (SSSR count). The number of hydrogen-bond donors (Lipinski definition) is 2. The Balaban J connectivity index is 1.95. The third-order valence-corrected chi connectivity index (χ3v) is 3.54. The van der Waals surface area contributed by atoms with Gasteiger partial charge in [0, 0.05) is 24.0 Å². The third-order valence-electron chi connectivity index (χ3n) is 3.54. The lowest BCUT2D eigenvalue weighted by Gasteiger charge is -2.19. The Bertz CT molecular complexity index is 698. The van der Waals surface area contributed by atoms with Gasteiger partial charge in [-0.15, -0.1) is 0 Å². The summed E-state index contributed by atoms with van der Waals surface area (Å²) in [7, 11) is 0. The number of hydrogen-bond acceptors (Lipinski definition) is 6. The average Bonchev–Trinajstić information content (AvgIpc) is 2.84. The highest BCUT2D eigenvalue weighted by molar-refractivity contribution is 5.91. The van der Waals surface area contributed by atoms with Crippen molar-refractivity contribution >= 4 is 28.5 Å². The largest absolute Gasteiger partial charge is 0.444 e. The minimum atomic E-state index is -0.738. The Kier molecular flexibility index (Phi) is 3.25. The van der Waals surface area contributed by atoms with Crippen LogP contribution in [0.2, 0.25) is 0 Å². The monoisotopic (exact) mass is 287 g/mol. The fourth-order valence-corrected chi connectivity index (χ4v) is 2.67. The molecule has 1 unspecified atom stereocenters. The van der Waals surface area contributed by atoms with Crippen LogP contribution in [0.4, 0.5) is 16.3 Å². The van der Waals surface area contributed by atoms with Crippen molar-refractivity contribution in [3.63, 3.8) is 0 Å². The summed E-state index contributed by atoms with van der Waals surface area (Å²) < 4.78 is 5.06. The smallest absolute Gasteiger partial charge is 0.404 e. The molecule has 7 heteroatoms. The molecule has 0 aliphatic carbocycles. The number of fused-ring (bicyclic) bond motifs is 1. The summed E-state index contributed by atoms with van der Waals surface area (Å²) in [4.78, 5) is 21.9. The predicted octanol–water partition coefficient (Wildman–Crippen LogP) is 1.19. The fraction of sp³-hybridized carbons (Fsp3) is 0.357. The lowest BCUT2D eigenvalue weighted by Crippen LogP contribution is -2.27. The highest BCUT2D eigenvalue weighted by atomic mass is 16.6. The molecule has 7 nitrogen and oxygen atoms in total. The molecule has 110 valence electrons. The van der Waals surface area contributed by atoms with Crippen molar-refractivity contribution in [2.24, 2.45) is 5.73 Å². The van der Waals surface area contributed by atoms with E-state index in [2.05, 4.69) is 14.9 Å². The van der Waals surface area contributed by atoms with Gasteiger partial charge in [-0.3, -0.25) is 0 Å². The summed E-state index contributed by atoms with van der Waals surface area (Å²) in [6, 6.07) is 5.58. The number of carbonyl (C=O) groups excluding carboxylic acids is 1. The standard InChI is InChI=1S/C14H17N5O2/c1-8-17-12-6-9(15)2-3-11(12)13(18-8)19-5-4-10(7-19)21-14(16)20/h2-3,6,10H,4-5,7,15H2,1H3,(H2,16,20). The van der Waals surface area contributed by atoms with Crippen LogP contribution in [-0.4, -0.2) is 35.3 Å². The van der Waals surface area contributed by atoms with E-state index in [1.165, 1.54) is 0 Å². The van der Waals surface area contributed by atoms with Crippen LogP contribution >= 0.6 is 0 Å². The number of carbonyl (C=O) groups is 1. The summed E-state index contributed by atoms with van der Waals surface area (Å²) in [6.45, 7) is 3.19. The van der Waals surface area contributed by atoms with Crippen LogP contribution in [0.25, 0.3) is 10.9 Å². The molecule has 0 saturated carbocycles. The number of benzene rings is 1. The molecule has 1 fully saturated rings. The van der Waals surface area contributed by atoms with Crippen LogP contribution < -0.4 is 16.4 Å². The molecular weight excluding hydrogens is 270 g/mol. The quantitative estimate of drug-likeness (QED) is 0.803. The topological polar surface area (TPSA) is 107 Å². The van der Waals surface area contributed by atoms with E-state index in [0.29, 0.717) is 18.1 Å². The predicted molar refractivity (Wildman–Crippen MR) is 80.0 cm³/mol. The summed E-state index contributed by atoms with van der Waals surface area (Å²) in [5, 5.41) is 0.939. The second kappa shape index (κ2) is 5.08. The molecule has 1 aromatic heterocycles. The number of primary amides is 1. The fourth-order valence-electron chi connectivity index (χ4n) is 2.67. The van der Waals surface area contributed by atoms with Gasteiger partial charge in [0.15, 0.2) is 0 Å². The van der Waals surface area contributed by atoms with Crippen molar-refractivity contribution < 1.29 is 9.53 Å². The maximum atomic E-state index is 10.8. The number of nitrogens with two attached hydrogens (primary N) is 2. The summed E-state index contributed by atoms with van der Waals surface area (Å²) >= 11 is 0. The zero-order chi connectivity index (χ0) is 15.0. The Morgan fingerprint density at radius 1 is 1.43 bits per heavy atom. The molecule has 2 heterocycles. The van der Waals surface area contributed by atoms with E-state index in [1.54, 1.807) is 0 Å². The Morgan fingerprint density at radius 3 is 3.00 bits per heavy atom. The van der Waals surface area contributed by atoms with E-state index in [-0.39, 0.29) is 6.10 Å². The molecule has 21 heavy (non-hydrogen) atoms. The molecule has 1 aromatic carbocycles. The molecule has 1 atom stereocenters. The van der Waals surface area contributed by atoms with Crippen molar-refractivity contribution in [1.29, 1.82) is 0 Å². The molecule has 1 amide bonds. The molecular formula is C14H17N5O2. The molecule has 1 saturated heterocycles. The van der Waals surface area contributed by atoms with Gasteiger partial charge in [-0.25, -0.2) is 14.8 Å². The Hall–Kier alpha value is -2.57. The normalized spacial score (nSPS) is 18.1. The van der Waals surface area contributed by atoms with Crippen LogP contribution in [0.15, 0.2) is 18.2 Å². The first kappa shape index (κ1) is 13.4. The molecule has 0 bridgehead atoms. The highest BCUT2D eigenvalue weighted by Crippen LogP contribution is 2.28. The van der Waals surface area contributed by atoms with E-state index >= 15 is 0 Å². The zero-order valence-corrected chi connectivity index (χ0v) is 11.7. The Labute approximate surface area is 121 Å². The molecule has 0 radical (unpaired) electrons. The number of aryl methyl sites for hydroxylation is 1. The van der Waals surface area contributed by atoms with Crippen LogP contribution in [0.5, 0.6) is 0 Å². The van der Waals surface area contributed by atoms with Gasteiger partial charge < -0.3 is 21.1 Å². The van der Waals surface area contributed by atoms with Gasteiger partial charge in [0.2, 0.25) is 0 Å². The van der Waals surface area contributed by atoms with Crippen LogP contribution in [0, 0.1) is 6.92 Å². The molecule has 2 aromatic rings. The minimum absolute atomic E-state index is 0.193. The van der Waals surface area contributed by atoms with Crippen molar-refractivity contribution in [2.45, 2.75) is 19.4 Å². The molecule has 1 aliphatic heterocycles. The molecule has 4 N–H and O–H groups in total. The second-order valence-corrected chi connectivity index (χ2v) is 5.16. The second-order valence-electron chi connectivity index (χ2n) is 5.16. The van der Waals surface area contributed by atoms with Crippen LogP contribution in [0.3, 0.4) is 0 Å². The zero-order valence-electron chi connectivity index (χ0n) is 11.7. The van der Waals surface area contributed by atoms with Gasteiger partial charge in [-0.2, -0.15) is 0 Å². The van der Waals surface area contributed by atoms with Crippen molar-refractivity contribution in [3.8, 4) is 0 Å². The van der Waals surface area contributed by atoms with E-state index in [0.717, 1.165) is 29.7 Å². The SMILES string of the molecule is Cc1nc(N2CCC(OC(N)=O)C2)c2ccc(N)cc2n1. The van der Waals surface area contributed by atoms with E-state index < -0.39 is 6.09 Å². The molecule has 0 spiro atoms. The van der Waals surface area contributed by atoms with Gasteiger partial charge in [0.05, 0.1) is 12.1 Å². The summed E-state index contributed by atoms with van der Waals surface area (Å²) in [5.41, 5.74) is 12.4. The van der Waals surface area contributed by atoms with Gasteiger partial charge in [-0.05, 0) is 25.1 Å². The number of nitrogens with zero attached hydrogens (tertiary/aromatic N) is 3. The molecule has 1 aliphatic rings. The van der Waals surface area contributed by atoms with Crippen molar-refractivity contribution in [2.75, 3.05) is 23.7 Å². The lowest BCUT2D eigenvalue weighted by molar-refractivity contribution is 0.117. The van der Waals surface area contributed by atoms with Gasteiger partial charge in [-0.1, -0.05) is 0 Å². The summed E-state index contributed by atoms with van der Waals surface area (Å²) in [5.74, 6) is 1.52. The number of anilines is 2. The highest BCUT2D eigenvalue weighted by Gasteiger charge is 2.27. The average molecular weight is 287 g/mol. The van der Waals surface area contributed by atoms with Crippen LogP contribution in [0.1, 0.15) is 12.2 Å². The first-order chi connectivity index (χ1) is 10.0. The Morgan fingerprint density at radius 2 is 2.24 bits per heavy atom. The number of nitrogen functional groups attached to an aromatic ring is 1. The van der Waals surface area contributed by atoms with Gasteiger partial charge in [0.1, 0.15) is 17.7 Å². The lowest BCUT2D eigenvalue weighted by atomic mass is 10.2. The number of rotatable bonds is 2. The van der Waals surface area contributed by atoms with E-state index in [1.807, 2.05) is 25.1 Å². The van der Waals surface area contributed by atoms with Crippen molar-refractivity contribution in [1.82, 2.24) is 9.97 Å². The van der Waals surface area contributed by atoms with Gasteiger partial charge >= 0.3 is 6.09 Å². The number of ether oxygens (including phenoxy) is 1. The third kappa shape index (κ3) is 2.67. The maximum absolute atomic E-state index is 10.8. The first-order valence-electron chi connectivity index (χ1n) is 6.78. The van der Waals surface area contributed by atoms with Crippen molar-refractivity contribution in [3.05, 3.63) is 24.0 Å². The van der Waals surface area contributed by atoms with E-state index in [4.69, 9.17) is 16.2 Å². The summed E-state index contributed by atoms with van der Waals surface area (Å²) in [6.07, 6.45) is -0.192. The van der Waals surface area contributed by atoms with E-state index in [9.17, 15) is 4.79 Å². The van der Waals surface area contributed by atoms with Crippen LogP contribution in [-0.2, 0) is 4.74 Å².